The highest BCUT2D eigenvalue weighted by atomic mass is 16.6. The zero-order chi connectivity index (χ0) is 21.9. The number of aromatic nitrogens is 5. The van der Waals surface area contributed by atoms with E-state index in [0.717, 1.165) is 16.3 Å². The van der Waals surface area contributed by atoms with E-state index in [4.69, 9.17) is 5.73 Å². The number of anilines is 1. The predicted molar refractivity (Wildman–Crippen MR) is 118 cm³/mol. The fourth-order valence-corrected chi connectivity index (χ4v) is 3.28. The Morgan fingerprint density at radius 1 is 1.00 bits per heavy atom. The minimum Gasteiger partial charge on any atom is -0.378 e. The van der Waals surface area contributed by atoms with Gasteiger partial charge in [-0.2, -0.15) is 9.78 Å². The molecule has 10 heteroatoms. The summed E-state index contributed by atoms with van der Waals surface area (Å²) >= 11 is 0. The predicted octanol–water partition coefficient (Wildman–Crippen LogP) is 2.82. The average molecular weight is 424 g/mol. The van der Waals surface area contributed by atoms with Crippen LogP contribution in [0.5, 0.6) is 0 Å². The van der Waals surface area contributed by atoms with Crippen molar-refractivity contribution >= 4 is 28.7 Å². The van der Waals surface area contributed by atoms with Gasteiger partial charge >= 0.3 is 0 Å². The molecule has 1 amide bonds. The summed E-state index contributed by atoms with van der Waals surface area (Å²) in [6.45, 7) is 0. The van der Waals surface area contributed by atoms with Gasteiger partial charge in [0.15, 0.2) is 5.69 Å². The van der Waals surface area contributed by atoms with Crippen LogP contribution in [0, 0.1) is 0 Å². The molecule has 5 rings (SSSR count). The van der Waals surface area contributed by atoms with Gasteiger partial charge in [-0.15, -0.1) is 5.10 Å². The molecule has 3 N–H and O–H groups in total. The second-order valence-electron chi connectivity index (χ2n) is 6.84. The van der Waals surface area contributed by atoms with E-state index in [1.165, 1.54) is 4.68 Å². The summed E-state index contributed by atoms with van der Waals surface area (Å²) in [5.74, 6) is -0.384. The molecule has 0 aliphatic carbocycles. The van der Waals surface area contributed by atoms with Crippen LogP contribution in [0.3, 0.4) is 0 Å². The lowest BCUT2D eigenvalue weighted by Gasteiger charge is -2.05. The van der Waals surface area contributed by atoms with Crippen molar-refractivity contribution in [3.63, 3.8) is 0 Å². The Bertz CT molecular complexity index is 1440. The number of nitrogens with two attached hydrogens (primary N) is 1. The number of rotatable bonds is 5. The molecule has 32 heavy (non-hydrogen) atoms. The first-order valence-corrected chi connectivity index (χ1v) is 9.62. The lowest BCUT2D eigenvalue weighted by Crippen LogP contribution is -2.19. The van der Waals surface area contributed by atoms with Crippen molar-refractivity contribution < 1.29 is 9.42 Å². The fraction of sp³-hybridized carbons (Fsp3) is 0. The highest BCUT2D eigenvalue weighted by Gasteiger charge is 2.24. The van der Waals surface area contributed by atoms with Gasteiger partial charge in [0.2, 0.25) is 11.6 Å². The highest BCUT2D eigenvalue weighted by molar-refractivity contribution is 5.99. The molecule has 0 radical (unpaired) electrons. The molecular weight excluding hydrogens is 408 g/mol. The standard InChI is InChI=1S/C22H16N8O2/c23-20-21(28-32-27-20)30-19(16-7-2-1-3-8-16)18(25-29-30)22(31)26-24-13-14-10-11-15-6-4-5-9-17(15)12-14/h1-13H,(H2,23,27)(H,26,31)/b24-13+. The van der Waals surface area contributed by atoms with E-state index in [-0.39, 0.29) is 17.3 Å². The first kappa shape index (κ1) is 19.1. The van der Waals surface area contributed by atoms with Crippen LogP contribution in [0.2, 0.25) is 0 Å². The number of hydrogen-bond acceptors (Lipinski definition) is 8. The molecule has 0 saturated heterocycles. The molecule has 0 aliphatic heterocycles. The van der Waals surface area contributed by atoms with Crippen LogP contribution in [0.15, 0.2) is 82.5 Å². The van der Waals surface area contributed by atoms with Gasteiger partial charge in [-0.3, -0.25) is 4.79 Å². The number of hydrogen-bond donors (Lipinski definition) is 2. The maximum Gasteiger partial charge on any atom is 0.294 e. The Morgan fingerprint density at radius 3 is 2.56 bits per heavy atom. The second-order valence-corrected chi connectivity index (χ2v) is 6.84. The van der Waals surface area contributed by atoms with Crippen LogP contribution < -0.4 is 11.2 Å². The van der Waals surface area contributed by atoms with Gasteiger partial charge in [0.1, 0.15) is 5.69 Å². The number of nitrogens with one attached hydrogen (secondary N) is 1. The Balaban J connectivity index is 1.45. The summed E-state index contributed by atoms with van der Waals surface area (Å²) in [5, 5.41) is 21.7. The Hall–Kier alpha value is -4.86. The topological polar surface area (TPSA) is 137 Å². The molecule has 0 atom stereocenters. The van der Waals surface area contributed by atoms with Crippen molar-refractivity contribution in [2.75, 3.05) is 5.73 Å². The zero-order valence-corrected chi connectivity index (χ0v) is 16.6. The van der Waals surface area contributed by atoms with Crippen LogP contribution in [0.4, 0.5) is 5.82 Å². The normalized spacial score (nSPS) is 11.2. The monoisotopic (exact) mass is 424 g/mol. The summed E-state index contributed by atoms with van der Waals surface area (Å²) < 4.78 is 5.98. The Kier molecular flexibility index (Phi) is 4.85. The maximum atomic E-state index is 12.9. The Labute approximate surface area is 181 Å². The molecule has 0 saturated carbocycles. The van der Waals surface area contributed by atoms with Crippen molar-refractivity contribution in [1.82, 2.24) is 30.7 Å². The molecule has 10 nitrogen and oxygen atoms in total. The summed E-state index contributed by atoms with van der Waals surface area (Å²) in [5.41, 5.74) is 10.3. The summed E-state index contributed by atoms with van der Waals surface area (Å²) in [7, 11) is 0. The zero-order valence-electron chi connectivity index (χ0n) is 16.6. The lowest BCUT2D eigenvalue weighted by atomic mass is 10.1. The van der Waals surface area contributed by atoms with Crippen molar-refractivity contribution in [3.8, 4) is 17.1 Å². The summed E-state index contributed by atoms with van der Waals surface area (Å²) in [6, 6.07) is 23.0. The van der Waals surface area contributed by atoms with Gasteiger partial charge in [-0.1, -0.05) is 71.9 Å². The van der Waals surface area contributed by atoms with E-state index >= 15 is 0 Å². The highest BCUT2D eigenvalue weighted by Crippen LogP contribution is 2.26. The molecular formula is C22H16N8O2. The molecule has 0 spiro atoms. The van der Waals surface area contributed by atoms with E-state index in [0.29, 0.717) is 11.3 Å². The number of amides is 1. The molecule has 3 aromatic carbocycles. The largest absolute Gasteiger partial charge is 0.378 e. The van der Waals surface area contributed by atoms with Crippen LogP contribution in [0.25, 0.3) is 27.8 Å². The van der Waals surface area contributed by atoms with E-state index in [1.807, 2.05) is 72.8 Å². The smallest absolute Gasteiger partial charge is 0.294 e. The molecule has 2 heterocycles. The van der Waals surface area contributed by atoms with E-state index < -0.39 is 5.91 Å². The molecule has 156 valence electrons. The van der Waals surface area contributed by atoms with Gasteiger partial charge < -0.3 is 5.73 Å². The Morgan fingerprint density at radius 2 is 1.78 bits per heavy atom. The molecule has 0 fully saturated rings. The van der Waals surface area contributed by atoms with Gasteiger partial charge in [0.25, 0.3) is 5.91 Å². The third-order valence-corrected chi connectivity index (χ3v) is 4.78. The van der Waals surface area contributed by atoms with Crippen LogP contribution in [-0.4, -0.2) is 37.4 Å². The SMILES string of the molecule is Nc1nonc1-n1nnc(C(=O)N/N=C/c2ccc3ccccc3c2)c1-c1ccccc1. The summed E-state index contributed by atoms with van der Waals surface area (Å²) in [6.07, 6.45) is 1.57. The molecule has 0 aliphatic rings. The molecule has 2 aromatic heterocycles. The number of benzene rings is 3. The number of hydrazone groups is 1. The van der Waals surface area contributed by atoms with Gasteiger partial charge in [-0.25, -0.2) is 10.1 Å². The number of carbonyl (C=O) groups is 1. The third kappa shape index (κ3) is 3.56. The first-order chi connectivity index (χ1) is 15.7. The van der Waals surface area contributed by atoms with E-state index in [9.17, 15) is 4.79 Å². The van der Waals surface area contributed by atoms with Crippen LogP contribution >= 0.6 is 0 Å². The van der Waals surface area contributed by atoms with E-state index in [2.05, 4.69) is 35.8 Å². The van der Waals surface area contributed by atoms with Gasteiger partial charge in [-0.05, 0) is 32.7 Å². The quantitative estimate of drug-likeness (QED) is 0.327. The lowest BCUT2D eigenvalue weighted by molar-refractivity contribution is 0.0950. The number of nitrogen functional groups attached to an aromatic ring is 1. The van der Waals surface area contributed by atoms with E-state index in [1.54, 1.807) is 6.21 Å². The third-order valence-electron chi connectivity index (χ3n) is 4.78. The second kappa shape index (κ2) is 8.11. The molecule has 0 bridgehead atoms. The number of carbonyl (C=O) groups excluding carboxylic acids is 1. The molecule has 5 aromatic rings. The fourth-order valence-electron chi connectivity index (χ4n) is 3.28. The molecule has 0 unspecified atom stereocenters. The van der Waals surface area contributed by atoms with Crippen molar-refractivity contribution in [2.24, 2.45) is 5.10 Å². The van der Waals surface area contributed by atoms with Gasteiger partial charge in [0.05, 0.1) is 6.21 Å². The number of nitrogens with zero attached hydrogens (tertiary/aromatic N) is 6. The minimum atomic E-state index is -0.540. The van der Waals surface area contributed by atoms with Crippen LogP contribution in [0.1, 0.15) is 16.1 Å². The maximum absolute atomic E-state index is 12.9. The van der Waals surface area contributed by atoms with Crippen molar-refractivity contribution in [1.29, 1.82) is 0 Å². The van der Waals surface area contributed by atoms with Crippen molar-refractivity contribution in [3.05, 3.63) is 84.1 Å². The number of fused-ring (bicyclic) bond motifs is 1. The summed E-state index contributed by atoms with van der Waals surface area (Å²) in [4.78, 5) is 12.9. The van der Waals surface area contributed by atoms with Crippen LogP contribution in [-0.2, 0) is 0 Å². The average Bonchev–Trinajstić information content (AvgIpc) is 3.45. The van der Waals surface area contributed by atoms with Gasteiger partial charge in [0, 0.05) is 5.56 Å². The first-order valence-electron chi connectivity index (χ1n) is 9.62. The minimum absolute atomic E-state index is 0.0216. The van der Waals surface area contributed by atoms with Crippen molar-refractivity contribution in [2.45, 2.75) is 0 Å².